The molecule has 2 aromatic carbocycles. The van der Waals surface area contributed by atoms with Crippen molar-refractivity contribution in [2.75, 3.05) is 13.2 Å². The van der Waals surface area contributed by atoms with Gasteiger partial charge in [-0.25, -0.2) is 13.9 Å². The highest BCUT2D eigenvalue weighted by Gasteiger charge is 2.26. The van der Waals surface area contributed by atoms with Gasteiger partial charge in [-0.15, -0.1) is 0 Å². The Labute approximate surface area is 202 Å². The van der Waals surface area contributed by atoms with Crippen LogP contribution in [-0.4, -0.2) is 44.7 Å². The Kier molecular flexibility index (Phi) is 9.90. The molecule has 0 spiro atoms. The summed E-state index contributed by atoms with van der Waals surface area (Å²) in [6.07, 6.45) is 0.508. The Bertz CT molecular complexity index is 1050. The Hall–Kier alpha value is -2.19. The van der Waals surface area contributed by atoms with Crippen LogP contribution in [0, 0.1) is 5.41 Å². The predicted octanol–water partition coefficient (Wildman–Crippen LogP) is 2.37. The van der Waals surface area contributed by atoms with Crippen molar-refractivity contribution in [1.29, 1.82) is 5.41 Å². The molecule has 0 fully saturated rings. The first kappa shape index (κ1) is 26.1. The maximum Gasteiger partial charge on any atom is 0.322 e. The highest BCUT2D eigenvalue weighted by atomic mass is 79.9. The fourth-order valence-electron chi connectivity index (χ4n) is 2.49. The molecule has 0 heterocycles. The lowest BCUT2D eigenvalue weighted by Crippen LogP contribution is -2.42. The largest absolute Gasteiger partial charge is 0.494 e. The third kappa shape index (κ3) is 8.39. The molecule has 2 aromatic rings. The number of aliphatic carboxylic acids is 1. The standard InChI is InChI=1S/C19H22Br2N4O6S/c20-15-7-6-14(11-16(15)21)32(28,29)25-17(18(26)27)10-12-2-4-13(5-3-12)30-8-1-9-31-24-19(22)23/h2-7,11,17,25H,1,8-10H2,(H,26,27)(H4,22,23,24)/t17-/m0/s1. The van der Waals surface area contributed by atoms with Crippen LogP contribution in [-0.2, 0) is 26.1 Å². The van der Waals surface area contributed by atoms with Gasteiger partial charge in [-0.05, 0) is 74.2 Å². The van der Waals surface area contributed by atoms with Crippen LogP contribution in [0.4, 0.5) is 0 Å². The van der Waals surface area contributed by atoms with Gasteiger partial charge in [0.2, 0.25) is 16.0 Å². The lowest BCUT2D eigenvalue weighted by Gasteiger charge is -2.16. The number of carboxylic acid groups (broad SMARTS) is 1. The van der Waals surface area contributed by atoms with Crippen molar-refractivity contribution < 1.29 is 27.9 Å². The predicted molar refractivity (Wildman–Crippen MR) is 125 cm³/mol. The summed E-state index contributed by atoms with van der Waals surface area (Å²) in [5.41, 5.74) is 7.92. The fraction of sp³-hybridized carbons (Fsp3) is 0.263. The summed E-state index contributed by atoms with van der Waals surface area (Å²) in [4.78, 5) is 16.5. The number of carbonyl (C=O) groups is 1. The number of ether oxygens (including phenoxy) is 1. The molecule has 2 rings (SSSR count). The first-order chi connectivity index (χ1) is 15.1. The second kappa shape index (κ2) is 12.2. The second-order valence-electron chi connectivity index (χ2n) is 6.50. The van der Waals surface area contributed by atoms with Gasteiger partial charge in [0.05, 0.1) is 18.1 Å². The van der Waals surface area contributed by atoms with Crippen molar-refractivity contribution in [2.24, 2.45) is 5.73 Å². The number of rotatable bonds is 12. The zero-order valence-corrected chi connectivity index (χ0v) is 20.7. The quantitative estimate of drug-likeness (QED) is 0.108. The summed E-state index contributed by atoms with van der Waals surface area (Å²) >= 11 is 6.50. The minimum Gasteiger partial charge on any atom is -0.494 e. The van der Waals surface area contributed by atoms with Crippen LogP contribution < -0.4 is 20.7 Å². The van der Waals surface area contributed by atoms with E-state index < -0.39 is 22.0 Å². The molecule has 0 bridgehead atoms. The number of benzene rings is 2. The minimum atomic E-state index is -4.04. The highest BCUT2D eigenvalue weighted by molar-refractivity contribution is 9.13. The summed E-state index contributed by atoms with van der Waals surface area (Å²) in [6, 6.07) is 9.65. The average Bonchev–Trinajstić information content (AvgIpc) is 2.72. The first-order valence-electron chi connectivity index (χ1n) is 9.22. The number of nitrogens with one attached hydrogen (secondary N) is 3. The molecule has 0 aliphatic heterocycles. The van der Waals surface area contributed by atoms with Gasteiger partial charge in [-0.3, -0.25) is 15.0 Å². The molecule has 174 valence electrons. The van der Waals surface area contributed by atoms with E-state index in [1.165, 1.54) is 12.1 Å². The van der Waals surface area contributed by atoms with E-state index in [1.807, 2.05) is 0 Å². The fourth-order valence-corrected chi connectivity index (χ4v) is 4.48. The van der Waals surface area contributed by atoms with Crippen molar-refractivity contribution in [3.05, 3.63) is 57.0 Å². The molecule has 13 heteroatoms. The van der Waals surface area contributed by atoms with Crippen LogP contribution in [0.25, 0.3) is 0 Å². The van der Waals surface area contributed by atoms with Crippen LogP contribution in [0.3, 0.4) is 0 Å². The van der Waals surface area contributed by atoms with Gasteiger partial charge in [0.15, 0.2) is 0 Å². The van der Waals surface area contributed by atoms with E-state index in [2.05, 4.69) is 42.1 Å². The van der Waals surface area contributed by atoms with Crippen LogP contribution in [0.15, 0.2) is 56.3 Å². The molecule has 1 atom stereocenters. The monoisotopic (exact) mass is 592 g/mol. The van der Waals surface area contributed by atoms with E-state index in [0.717, 1.165) is 0 Å². The van der Waals surface area contributed by atoms with E-state index in [1.54, 1.807) is 30.3 Å². The molecule has 0 saturated carbocycles. The van der Waals surface area contributed by atoms with Gasteiger partial charge >= 0.3 is 5.97 Å². The van der Waals surface area contributed by atoms with E-state index in [4.69, 9.17) is 20.7 Å². The minimum absolute atomic E-state index is 0.0445. The molecule has 6 N–H and O–H groups in total. The average molecular weight is 594 g/mol. The smallest absolute Gasteiger partial charge is 0.322 e. The van der Waals surface area contributed by atoms with Gasteiger partial charge < -0.3 is 15.6 Å². The second-order valence-corrected chi connectivity index (χ2v) is 9.92. The topological polar surface area (TPSA) is 164 Å². The number of hydrogen-bond acceptors (Lipinski definition) is 6. The molecule has 0 unspecified atom stereocenters. The Balaban J connectivity index is 1.94. The summed E-state index contributed by atoms with van der Waals surface area (Å²) in [5, 5.41) is 16.5. The molecule has 0 radical (unpaired) electrons. The molecule has 0 aromatic heterocycles. The normalized spacial score (nSPS) is 12.2. The highest BCUT2D eigenvalue weighted by Crippen LogP contribution is 2.26. The number of hydroxylamine groups is 1. The van der Waals surface area contributed by atoms with Crippen LogP contribution in [0.5, 0.6) is 5.75 Å². The number of guanidine groups is 1. The van der Waals surface area contributed by atoms with Gasteiger partial charge in [0.25, 0.3) is 0 Å². The lowest BCUT2D eigenvalue weighted by molar-refractivity contribution is -0.138. The van der Waals surface area contributed by atoms with Crippen LogP contribution in [0.2, 0.25) is 0 Å². The zero-order chi connectivity index (χ0) is 23.7. The van der Waals surface area contributed by atoms with Crippen molar-refractivity contribution >= 4 is 53.8 Å². The van der Waals surface area contributed by atoms with Gasteiger partial charge in [0, 0.05) is 15.4 Å². The molecule has 32 heavy (non-hydrogen) atoms. The van der Waals surface area contributed by atoms with Crippen LogP contribution in [0.1, 0.15) is 12.0 Å². The maximum atomic E-state index is 12.6. The number of nitrogens with two attached hydrogens (primary N) is 1. The lowest BCUT2D eigenvalue weighted by atomic mass is 10.1. The van der Waals surface area contributed by atoms with Crippen molar-refractivity contribution in [2.45, 2.75) is 23.8 Å². The number of carboxylic acids is 1. The SMILES string of the molecule is N=C(N)NOCCCOc1ccc(C[C@H](NS(=O)(=O)c2ccc(Br)c(Br)c2)C(=O)O)cc1. The number of halogens is 2. The van der Waals surface area contributed by atoms with Crippen molar-refractivity contribution in [3.63, 3.8) is 0 Å². The van der Waals surface area contributed by atoms with Gasteiger partial charge in [0.1, 0.15) is 11.8 Å². The van der Waals surface area contributed by atoms with E-state index in [-0.39, 0.29) is 17.3 Å². The summed E-state index contributed by atoms with van der Waals surface area (Å²) < 4.78 is 34.2. The maximum absolute atomic E-state index is 12.6. The molecule has 10 nitrogen and oxygen atoms in total. The molecular formula is C19H22Br2N4O6S. The van der Waals surface area contributed by atoms with Gasteiger partial charge in [-0.1, -0.05) is 12.1 Å². The summed E-state index contributed by atoms with van der Waals surface area (Å²) in [6.45, 7) is 0.659. The zero-order valence-electron chi connectivity index (χ0n) is 16.7. The molecular weight excluding hydrogens is 572 g/mol. The van der Waals surface area contributed by atoms with Crippen molar-refractivity contribution in [3.8, 4) is 5.75 Å². The molecule has 0 saturated heterocycles. The number of sulfonamides is 1. The Morgan fingerprint density at radius 1 is 1.12 bits per heavy atom. The van der Waals surface area contributed by atoms with Crippen LogP contribution >= 0.6 is 31.9 Å². The first-order valence-corrected chi connectivity index (χ1v) is 12.3. The van der Waals surface area contributed by atoms with E-state index in [0.29, 0.717) is 39.9 Å². The van der Waals surface area contributed by atoms with Gasteiger partial charge in [-0.2, -0.15) is 4.72 Å². The summed E-state index contributed by atoms with van der Waals surface area (Å²) in [5.74, 6) is -1.00. The summed E-state index contributed by atoms with van der Waals surface area (Å²) in [7, 11) is -4.04. The molecule has 0 aliphatic carbocycles. The van der Waals surface area contributed by atoms with E-state index in [9.17, 15) is 18.3 Å². The molecule has 0 aliphatic rings. The third-order valence-electron chi connectivity index (χ3n) is 4.00. The molecule has 0 amide bonds. The van der Waals surface area contributed by atoms with Crippen molar-refractivity contribution in [1.82, 2.24) is 10.2 Å². The third-order valence-corrected chi connectivity index (χ3v) is 7.35. The number of hydrogen-bond donors (Lipinski definition) is 5. The Morgan fingerprint density at radius 3 is 2.41 bits per heavy atom. The Morgan fingerprint density at radius 2 is 1.81 bits per heavy atom. The van der Waals surface area contributed by atoms with E-state index >= 15 is 0 Å².